The van der Waals surface area contributed by atoms with E-state index in [0.717, 1.165) is 22.3 Å². The minimum atomic E-state index is -1.09. The number of carboxylic acids is 1. The van der Waals surface area contributed by atoms with Crippen LogP contribution in [-0.2, 0) is 13.5 Å². The van der Waals surface area contributed by atoms with Gasteiger partial charge in [-0.3, -0.25) is 4.68 Å². The average Bonchev–Trinajstić information content (AvgIpc) is 2.97. The number of halogens is 1. The summed E-state index contributed by atoms with van der Waals surface area (Å²) in [6.07, 6.45) is 5.32. The zero-order chi connectivity index (χ0) is 17.3. The lowest BCUT2D eigenvalue weighted by molar-refractivity contribution is 0.0690. The molecule has 0 saturated carbocycles. The summed E-state index contributed by atoms with van der Waals surface area (Å²) in [5.41, 5.74) is 3.64. The number of rotatable bonds is 4. The highest BCUT2D eigenvalue weighted by Crippen LogP contribution is 2.23. The van der Waals surface area contributed by atoms with Crippen molar-refractivity contribution in [2.75, 3.05) is 0 Å². The second-order valence-corrected chi connectivity index (χ2v) is 5.69. The predicted octanol–water partition coefficient (Wildman–Crippen LogP) is 3.22. The van der Waals surface area contributed by atoms with E-state index in [2.05, 4.69) is 10.1 Å². The summed E-state index contributed by atoms with van der Waals surface area (Å²) < 4.78 is 16.1. The molecule has 24 heavy (non-hydrogen) atoms. The van der Waals surface area contributed by atoms with Gasteiger partial charge < -0.3 is 5.11 Å². The Morgan fingerprint density at radius 3 is 2.62 bits per heavy atom. The van der Waals surface area contributed by atoms with Crippen molar-refractivity contribution < 1.29 is 14.3 Å². The Labute approximate surface area is 138 Å². The molecule has 0 aliphatic carbocycles. The van der Waals surface area contributed by atoms with E-state index >= 15 is 0 Å². The van der Waals surface area contributed by atoms with Crippen LogP contribution in [0.1, 0.15) is 27.2 Å². The zero-order valence-corrected chi connectivity index (χ0v) is 13.3. The van der Waals surface area contributed by atoms with Gasteiger partial charge in [0.2, 0.25) is 0 Å². The first kappa shape index (κ1) is 15.9. The molecule has 2 aromatic heterocycles. The summed E-state index contributed by atoms with van der Waals surface area (Å²) in [5.74, 6) is -1.42. The van der Waals surface area contributed by atoms with Gasteiger partial charge in [-0.2, -0.15) is 5.10 Å². The van der Waals surface area contributed by atoms with Crippen molar-refractivity contribution in [3.63, 3.8) is 0 Å². The van der Waals surface area contributed by atoms with E-state index in [9.17, 15) is 9.18 Å². The predicted molar refractivity (Wildman–Crippen MR) is 87.3 cm³/mol. The van der Waals surface area contributed by atoms with Crippen molar-refractivity contribution in [3.8, 4) is 11.1 Å². The van der Waals surface area contributed by atoms with E-state index in [1.807, 2.05) is 19.2 Å². The van der Waals surface area contributed by atoms with Crippen LogP contribution in [0.5, 0.6) is 0 Å². The molecule has 0 unspecified atom stereocenters. The number of carboxylic acid groups (broad SMARTS) is 1. The number of benzene rings is 1. The maximum absolute atomic E-state index is 14.5. The molecule has 0 aliphatic heterocycles. The van der Waals surface area contributed by atoms with Crippen LogP contribution in [0.4, 0.5) is 4.39 Å². The van der Waals surface area contributed by atoms with Gasteiger partial charge in [0.15, 0.2) is 0 Å². The summed E-state index contributed by atoms with van der Waals surface area (Å²) in [6.45, 7) is 1.83. The van der Waals surface area contributed by atoms with Gasteiger partial charge in [-0.05, 0) is 41.3 Å². The van der Waals surface area contributed by atoms with Gasteiger partial charge >= 0.3 is 5.97 Å². The number of nitrogens with zero attached hydrogens (tertiary/aromatic N) is 3. The first-order valence-electron chi connectivity index (χ1n) is 7.40. The molecule has 0 bridgehead atoms. The first-order chi connectivity index (χ1) is 11.4. The number of carbonyl (C=O) groups is 1. The Kier molecular flexibility index (Phi) is 4.12. The van der Waals surface area contributed by atoms with Gasteiger partial charge in [0.05, 0.1) is 6.20 Å². The highest BCUT2D eigenvalue weighted by molar-refractivity contribution is 5.85. The van der Waals surface area contributed by atoms with Crippen molar-refractivity contribution in [2.24, 2.45) is 7.05 Å². The second-order valence-electron chi connectivity index (χ2n) is 5.69. The third kappa shape index (κ3) is 3.17. The van der Waals surface area contributed by atoms with E-state index in [1.165, 1.54) is 18.3 Å². The fourth-order valence-corrected chi connectivity index (χ4v) is 2.52. The topological polar surface area (TPSA) is 68.0 Å². The van der Waals surface area contributed by atoms with E-state index < -0.39 is 5.97 Å². The molecule has 0 saturated heterocycles. The standard InChI is InChI=1S/C18H16FN3O2/c1-11-8-20-17(18(23)24)7-14(11)5-13-4-3-12(6-16(13)19)15-9-21-22(2)10-15/h3-4,6-10H,5H2,1-2H3,(H,23,24). The normalized spacial score (nSPS) is 10.8. The summed E-state index contributed by atoms with van der Waals surface area (Å²) in [7, 11) is 1.81. The minimum absolute atomic E-state index is 0.0389. The van der Waals surface area contributed by atoms with E-state index in [4.69, 9.17) is 5.11 Å². The molecule has 0 spiro atoms. The number of aromatic nitrogens is 3. The molecule has 1 N–H and O–H groups in total. The fourth-order valence-electron chi connectivity index (χ4n) is 2.52. The van der Waals surface area contributed by atoms with Crippen LogP contribution in [-0.4, -0.2) is 25.8 Å². The molecule has 1 aromatic carbocycles. The van der Waals surface area contributed by atoms with Crippen molar-refractivity contribution in [3.05, 3.63) is 71.1 Å². The van der Waals surface area contributed by atoms with Gasteiger partial charge in [0.25, 0.3) is 0 Å². The molecule has 0 radical (unpaired) electrons. The molecule has 0 atom stereocenters. The summed E-state index contributed by atoms with van der Waals surface area (Å²) in [5, 5.41) is 13.1. The molecule has 2 heterocycles. The van der Waals surface area contributed by atoms with Crippen molar-refractivity contribution in [1.29, 1.82) is 0 Å². The minimum Gasteiger partial charge on any atom is -0.477 e. The van der Waals surface area contributed by atoms with Crippen LogP contribution >= 0.6 is 0 Å². The van der Waals surface area contributed by atoms with E-state index in [1.54, 1.807) is 24.0 Å². The number of hydrogen-bond acceptors (Lipinski definition) is 3. The molecule has 3 aromatic rings. The van der Waals surface area contributed by atoms with Gasteiger partial charge in [-0.25, -0.2) is 14.2 Å². The van der Waals surface area contributed by atoms with Crippen molar-refractivity contribution >= 4 is 5.97 Å². The lowest BCUT2D eigenvalue weighted by atomic mass is 9.98. The van der Waals surface area contributed by atoms with E-state index in [0.29, 0.717) is 12.0 Å². The Hall–Kier alpha value is -3.02. The van der Waals surface area contributed by atoms with Gasteiger partial charge in [-0.15, -0.1) is 0 Å². The largest absolute Gasteiger partial charge is 0.477 e. The molecule has 3 rings (SSSR count). The molecule has 122 valence electrons. The maximum Gasteiger partial charge on any atom is 0.354 e. The third-order valence-corrected chi connectivity index (χ3v) is 3.91. The third-order valence-electron chi connectivity index (χ3n) is 3.91. The Morgan fingerprint density at radius 1 is 1.21 bits per heavy atom. The van der Waals surface area contributed by atoms with Crippen molar-refractivity contribution in [1.82, 2.24) is 14.8 Å². The van der Waals surface area contributed by atoms with Crippen LogP contribution in [0.25, 0.3) is 11.1 Å². The molecule has 0 fully saturated rings. The molecular weight excluding hydrogens is 309 g/mol. The molecule has 5 nitrogen and oxygen atoms in total. The Morgan fingerprint density at radius 2 is 2.00 bits per heavy atom. The Balaban J connectivity index is 1.91. The second kappa shape index (κ2) is 6.23. The molecule has 0 aliphatic rings. The van der Waals surface area contributed by atoms with Crippen molar-refractivity contribution in [2.45, 2.75) is 13.3 Å². The monoisotopic (exact) mass is 325 g/mol. The quantitative estimate of drug-likeness (QED) is 0.800. The van der Waals surface area contributed by atoms with Gasteiger partial charge in [0, 0.05) is 31.4 Å². The number of hydrogen-bond donors (Lipinski definition) is 1. The first-order valence-corrected chi connectivity index (χ1v) is 7.40. The van der Waals surface area contributed by atoms with Crippen LogP contribution in [0.3, 0.4) is 0 Å². The number of pyridine rings is 1. The highest BCUT2D eigenvalue weighted by Gasteiger charge is 2.12. The van der Waals surface area contributed by atoms with Crippen LogP contribution in [0, 0.1) is 12.7 Å². The van der Waals surface area contributed by atoms with Gasteiger partial charge in [0.1, 0.15) is 11.5 Å². The lowest BCUT2D eigenvalue weighted by Crippen LogP contribution is -2.04. The molecule has 6 heteroatoms. The number of aromatic carboxylic acids is 1. The zero-order valence-electron chi connectivity index (χ0n) is 13.3. The average molecular weight is 325 g/mol. The Bertz CT molecular complexity index is 918. The smallest absolute Gasteiger partial charge is 0.354 e. The molecular formula is C18H16FN3O2. The fraction of sp³-hybridized carbons (Fsp3) is 0.167. The molecule has 0 amide bonds. The maximum atomic E-state index is 14.5. The summed E-state index contributed by atoms with van der Waals surface area (Å²) >= 11 is 0. The van der Waals surface area contributed by atoms with Crippen LogP contribution in [0.15, 0.2) is 42.9 Å². The SMILES string of the molecule is Cc1cnc(C(=O)O)cc1Cc1ccc(-c2cnn(C)c2)cc1F. The summed E-state index contributed by atoms with van der Waals surface area (Å²) in [4.78, 5) is 14.9. The van der Waals surface area contributed by atoms with Crippen LogP contribution < -0.4 is 0 Å². The lowest BCUT2D eigenvalue weighted by Gasteiger charge is -2.09. The number of aryl methyl sites for hydroxylation is 2. The van der Waals surface area contributed by atoms with Crippen LogP contribution in [0.2, 0.25) is 0 Å². The highest BCUT2D eigenvalue weighted by atomic mass is 19.1. The van der Waals surface area contributed by atoms with E-state index in [-0.39, 0.29) is 11.5 Å². The summed E-state index contributed by atoms with van der Waals surface area (Å²) in [6, 6.07) is 6.52. The van der Waals surface area contributed by atoms with Gasteiger partial charge in [-0.1, -0.05) is 12.1 Å².